The molecule has 0 spiro atoms. The fourth-order valence-corrected chi connectivity index (χ4v) is 2.85. The van der Waals surface area contributed by atoms with Gasteiger partial charge in [0.05, 0.1) is 10.6 Å². The van der Waals surface area contributed by atoms with Gasteiger partial charge in [-0.3, -0.25) is 19.7 Å². The zero-order valence-corrected chi connectivity index (χ0v) is 18.2. The van der Waals surface area contributed by atoms with Gasteiger partial charge in [0, 0.05) is 28.4 Å². The van der Waals surface area contributed by atoms with Crippen LogP contribution in [0.2, 0.25) is 5.02 Å². The van der Waals surface area contributed by atoms with Crippen LogP contribution in [0.25, 0.3) is 0 Å². The third kappa shape index (κ3) is 6.88. The normalized spacial score (nSPS) is 10.9. The van der Waals surface area contributed by atoms with E-state index in [-0.39, 0.29) is 23.8 Å². The first-order valence-electron chi connectivity index (χ1n) is 9.69. The van der Waals surface area contributed by atoms with E-state index >= 15 is 0 Å². The minimum absolute atomic E-state index is 0.113. The maximum Gasteiger partial charge on any atom is 0.271 e. The van der Waals surface area contributed by atoms with Crippen molar-refractivity contribution < 1.29 is 19.2 Å². The number of amides is 2. The van der Waals surface area contributed by atoms with Crippen LogP contribution in [-0.4, -0.2) is 29.1 Å². The van der Waals surface area contributed by atoms with Crippen molar-refractivity contribution in [1.82, 2.24) is 5.43 Å². The van der Waals surface area contributed by atoms with Gasteiger partial charge in [-0.2, -0.15) is 5.10 Å². The average molecular weight is 467 g/mol. The Bertz CT molecular complexity index is 1210. The van der Waals surface area contributed by atoms with E-state index in [1.165, 1.54) is 24.3 Å². The lowest BCUT2D eigenvalue weighted by molar-refractivity contribution is -0.384. The molecule has 0 fully saturated rings. The fraction of sp³-hybridized carbons (Fsp3) is 0.0870. The van der Waals surface area contributed by atoms with Crippen LogP contribution in [0.4, 0.5) is 11.4 Å². The van der Waals surface area contributed by atoms with Crippen molar-refractivity contribution in [2.45, 2.75) is 6.92 Å². The number of nitrogens with zero attached hydrogens (tertiary/aromatic N) is 2. The third-order valence-corrected chi connectivity index (χ3v) is 4.64. The maximum absolute atomic E-state index is 12.3. The summed E-state index contributed by atoms with van der Waals surface area (Å²) in [5.41, 5.74) is 3.96. The third-order valence-electron chi connectivity index (χ3n) is 4.39. The van der Waals surface area contributed by atoms with E-state index in [0.29, 0.717) is 27.7 Å². The molecule has 3 rings (SSSR count). The minimum atomic E-state index is -0.582. The fourth-order valence-electron chi connectivity index (χ4n) is 2.72. The van der Waals surface area contributed by atoms with Crippen LogP contribution in [-0.2, 0) is 4.79 Å². The van der Waals surface area contributed by atoms with E-state index in [1.807, 2.05) is 0 Å². The average Bonchev–Trinajstić information content (AvgIpc) is 2.82. The molecule has 0 saturated carbocycles. The van der Waals surface area contributed by atoms with Crippen LogP contribution >= 0.6 is 11.6 Å². The van der Waals surface area contributed by atoms with Crippen LogP contribution in [0.15, 0.2) is 77.9 Å². The van der Waals surface area contributed by atoms with E-state index < -0.39 is 10.8 Å². The largest absolute Gasteiger partial charge is 0.484 e. The van der Waals surface area contributed by atoms with E-state index in [2.05, 4.69) is 15.8 Å². The van der Waals surface area contributed by atoms with Gasteiger partial charge in [0.15, 0.2) is 6.61 Å². The molecule has 2 amide bonds. The molecule has 10 heteroatoms. The highest BCUT2D eigenvalue weighted by atomic mass is 35.5. The maximum atomic E-state index is 12.3. The first-order chi connectivity index (χ1) is 15.8. The van der Waals surface area contributed by atoms with Gasteiger partial charge in [0.2, 0.25) is 0 Å². The van der Waals surface area contributed by atoms with Gasteiger partial charge >= 0.3 is 0 Å². The Balaban J connectivity index is 1.59. The number of nitro benzene ring substituents is 1. The summed E-state index contributed by atoms with van der Waals surface area (Å²) in [7, 11) is 0. The summed E-state index contributed by atoms with van der Waals surface area (Å²) in [5.74, 6) is -0.414. The molecule has 3 aromatic carbocycles. The number of carbonyl (C=O) groups excluding carboxylic acids is 2. The number of nitrogens with one attached hydrogen (secondary N) is 2. The molecule has 2 N–H and O–H groups in total. The molecule has 0 bridgehead atoms. The van der Waals surface area contributed by atoms with Gasteiger partial charge in [-0.15, -0.1) is 0 Å². The summed E-state index contributed by atoms with van der Waals surface area (Å²) in [6, 6.07) is 18.9. The highest BCUT2D eigenvalue weighted by molar-refractivity contribution is 6.30. The van der Waals surface area contributed by atoms with E-state index in [9.17, 15) is 19.7 Å². The van der Waals surface area contributed by atoms with E-state index in [4.69, 9.17) is 16.3 Å². The zero-order chi connectivity index (χ0) is 23.8. The highest BCUT2D eigenvalue weighted by Gasteiger charge is 2.11. The molecule has 168 valence electrons. The van der Waals surface area contributed by atoms with Crippen LogP contribution in [0, 0.1) is 10.1 Å². The SMILES string of the molecule is C/C(=N/NC(=O)c1cccc([N+](=O)[O-])c1)c1cccc(NC(=O)COc2ccc(Cl)cc2)c1. The van der Waals surface area contributed by atoms with Crippen molar-refractivity contribution in [1.29, 1.82) is 0 Å². The number of hydrazone groups is 1. The number of ether oxygens (including phenoxy) is 1. The standard InChI is InChI=1S/C23H19ClN4O5/c1-15(26-27-23(30)17-5-3-7-20(13-17)28(31)32)16-4-2-6-19(12-16)25-22(29)14-33-21-10-8-18(24)9-11-21/h2-13H,14H2,1H3,(H,25,29)(H,27,30)/b26-15-. The molecular formula is C23H19ClN4O5. The van der Waals surface area contributed by atoms with Crippen molar-refractivity contribution in [2.75, 3.05) is 11.9 Å². The second kappa shape index (κ2) is 10.9. The number of nitro groups is 1. The smallest absolute Gasteiger partial charge is 0.271 e. The molecule has 0 atom stereocenters. The quantitative estimate of drug-likeness (QED) is 0.289. The number of benzene rings is 3. The highest BCUT2D eigenvalue weighted by Crippen LogP contribution is 2.16. The van der Waals surface area contributed by atoms with Crippen LogP contribution in [0.5, 0.6) is 5.75 Å². The lowest BCUT2D eigenvalue weighted by Gasteiger charge is -2.09. The summed E-state index contributed by atoms with van der Waals surface area (Å²) in [6.07, 6.45) is 0. The van der Waals surface area contributed by atoms with Gasteiger partial charge < -0.3 is 10.1 Å². The van der Waals surface area contributed by atoms with Crippen molar-refractivity contribution in [3.8, 4) is 5.75 Å². The molecule has 3 aromatic rings. The van der Waals surface area contributed by atoms with Crippen LogP contribution in [0.3, 0.4) is 0 Å². The Morgan fingerprint density at radius 2 is 1.73 bits per heavy atom. The molecule has 0 aromatic heterocycles. The summed E-state index contributed by atoms with van der Waals surface area (Å²) in [4.78, 5) is 34.7. The Labute approximate surface area is 194 Å². The van der Waals surface area contributed by atoms with Crippen LogP contribution in [0.1, 0.15) is 22.8 Å². The first-order valence-corrected chi connectivity index (χ1v) is 10.1. The second-order valence-electron chi connectivity index (χ2n) is 6.82. The molecule has 0 radical (unpaired) electrons. The lowest BCUT2D eigenvalue weighted by Crippen LogP contribution is -2.21. The zero-order valence-electron chi connectivity index (χ0n) is 17.4. The predicted octanol–water partition coefficient (Wildman–Crippen LogP) is 4.42. The van der Waals surface area contributed by atoms with Crippen molar-refractivity contribution >= 4 is 40.5 Å². The molecule has 0 saturated heterocycles. The number of hydrogen-bond donors (Lipinski definition) is 2. The molecule has 0 unspecified atom stereocenters. The monoisotopic (exact) mass is 466 g/mol. The van der Waals surface area contributed by atoms with E-state index in [1.54, 1.807) is 55.5 Å². The Morgan fingerprint density at radius 3 is 2.45 bits per heavy atom. The molecule has 33 heavy (non-hydrogen) atoms. The van der Waals surface area contributed by atoms with Gasteiger partial charge in [0.1, 0.15) is 5.75 Å². The van der Waals surface area contributed by atoms with Gasteiger partial charge in [0.25, 0.3) is 17.5 Å². The lowest BCUT2D eigenvalue weighted by atomic mass is 10.1. The number of carbonyl (C=O) groups is 2. The first kappa shape index (κ1) is 23.4. The van der Waals surface area contributed by atoms with Crippen molar-refractivity contribution in [3.63, 3.8) is 0 Å². The summed E-state index contributed by atoms with van der Waals surface area (Å²) in [5, 5.41) is 18.2. The molecule has 9 nitrogen and oxygen atoms in total. The van der Waals surface area contributed by atoms with Gasteiger partial charge in [-0.1, -0.05) is 29.8 Å². The number of hydrogen-bond acceptors (Lipinski definition) is 6. The molecule has 0 aliphatic heterocycles. The number of rotatable bonds is 8. The topological polar surface area (TPSA) is 123 Å². The predicted molar refractivity (Wildman–Crippen MR) is 125 cm³/mol. The number of non-ortho nitro benzene ring substituents is 1. The van der Waals surface area contributed by atoms with Crippen molar-refractivity contribution in [2.24, 2.45) is 5.10 Å². The molecule has 0 aliphatic carbocycles. The second-order valence-corrected chi connectivity index (χ2v) is 7.25. The Kier molecular flexibility index (Phi) is 7.72. The molecule has 0 heterocycles. The summed E-state index contributed by atoms with van der Waals surface area (Å²) >= 11 is 5.82. The van der Waals surface area contributed by atoms with Crippen LogP contribution < -0.4 is 15.5 Å². The molecular weight excluding hydrogens is 448 g/mol. The Morgan fingerprint density at radius 1 is 1.03 bits per heavy atom. The van der Waals surface area contributed by atoms with Crippen molar-refractivity contribution in [3.05, 3.63) is 99.1 Å². The molecule has 0 aliphatic rings. The summed E-state index contributed by atoms with van der Waals surface area (Å²) in [6.45, 7) is 1.50. The minimum Gasteiger partial charge on any atom is -0.484 e. The Hall–Kier alpha value is -4.24. The number of halogens is 1. The van der Waals surface area contributed by atoms with E-state index in [0.717, 1.165) is 0 Å². The van der Waals surface area contributed by atoms with Gasteiger partial charge in [-0.25, -0.2) is 5.43 Å². The summed E-state index contributed by atoms with van der Waals surface area (Å²) < 4.78 is 5.42. The number of anilines is 1. The van der Waals surface area contributed by atoms with Gasteiger partial charge in [-0.05, 0) is 55.0 Å².